The Morgan fingerprint density at radius 3 is 2.00 bits per heavy atom. The van der Waals surface area contributed by atoms with Crippen molar-refractivity contribution in [2.24, 2.45) is 0 Å². The van der Waals surface area contributed by atoms with Crippen LogP contribution < -0.4 is 4.74 Å². The molecule has 0 aliphatic heterocycles. The van der Waals surface area contributed by atoms with Crippen LogP contribution in [-0.2, 0) is 9.84 Å². The van der Waals surface area contributed by atoms with Gasteiger partial charge in [0.15, 0.2) is 0 Å². The summed E-state index contributed by atoms with van der Waals surface area (Å²) in [6.07, 6.45) is 0. The molecule has 4 nitrogen and oxygen atoms in total. The van der Waals surface area contributed by atoms with E-state index in [1.807, 2.05) is 6.07 Å². The number of hydrogen-bond acceptors (Lipinski definition) is 4. The third-order valence-corrected chi connectivity index (χ3v) is 4.66. The average Bonchev–Trinajstić information content (AvgIpc) is 2.51. The summed E-state index contributed by atoms with van der Waals surface area (Å²) in [7, 11) is -4.68. The van der Waals surface area contributed by atoms with Gasteiger partial charge in [0.1, 0.15) is 5.75 Å². The zero-order valence-electron chi connectivity index (χ0n) is 12.4. The van der Waals surface area contributed by atoms with Crippen molar-refractivity contribution in [2.45, 2.75) is 24.5 Å². The van der Waals surface area contributed by atoms with Gasteiger partial charge in [0.25, 0.3) is 0 Å². The van der Waals surface area contributed by atoms with Crippen molar-refractivity contribution < 1.29 is 26.7 Å². The third kappa shape index (κ3) is 3.56. The number of aryl methyl sites for hydroxylation is 2. The van der Waals surface area contributed by atoms with E-state index in [1.165, 1.54) is 0 Å². The quantitative estimate of drug-likeness (QED) is 0.631. The predicted molar refractivity (Wildman–Crippen MR) is 80.5 cm³/mol. The van der Waals surface area contributed by atoms with E-state index in [2.05, 4.69) is 0 Å². The predicted octanol–water partition coefficient (Wildman–Crippen LogP) is 3.52. The monoisotopic (exact) mass is 340 g/mol. The van der Waals surface area contributed by atoms with Gasteiger partial charge in [-0.3, -0.25) is 0 Å². The van der Waals surface area contributed by atoms with Gasteiger partial charge in [-0.25, -0.2) is 13.2 Å². The number of alkyl halides is 2. The molecule has 0 atom stereocenters. The summed E-state index contributed by atoms with van der Waals surface area (Å²) in [5, 5.41) is 0. The van der Waals surface area contributed by atoms with Crippen LogP contribution in [-0.4, -0.2) is 20.1 Å². The molecule has 2 aromatic rings. The maximum Gasteiger partial charge on any atom is 0.343 e. The van der Waals surface area contributed by atoms with Crippen LogP contribution in [0.15, 0.2) is 47.4 Å². The summed E-state index contributed by atoms with van der Waals surface area (Å²) < 4.78 is 52.9. The number of carbonyl (C=O) groups is 1. The number of ether oxygens (including phenoxy) is 1. The van der Waals surface area contributed by atoms with Crippen LogP contribution in [0.4, 0.5) is 8.78 Å². The summed E-state index contributed by atoms with van der Waals surface area (Å²) in [6, 6.07) is 9.61. The molecular formula is C16H14F2O4S. The molecule has 0 bridgehead atoms. The van der Waals surface area contributed by atoms with Gasteiger partial charge in [-0.1, -0.05) is 18.2 Å². The van der Waals surface area contributed by atoms with Crippen molar-refractivity contribution >= 4 is 15.8 Å². The van der Waals surface area contributed by atoms with Crippen LogP contribution in [0.25, 0.3) is 0 Å². The fourth-order valence-electron chi connectivity index (χ4n) is 2.00. The SMILES string of the molecule is Cc1cccc(C)c1OC(=O)c1ccc(S(=O)(=O)C(F)F)cc1. The second-order valence-electron chi connectivity index (χ2n) is 4.94. The van der Waals surface area contributed by atoms with Crippen molar-refractivity contribution in [1.82, 2.24) is 0 Å². The number of benzene rings is 2. The van der Waals surface area contributed by atoms with Crippen molar-refractivity contribution in [3.05, 3.63) is 59.2 Å². The zero-order valence-corrected chi connectivity index (χ0v) is 13.2. The first kappa shape index (κ1) is 17.1. The highest BCUT2D eigenvalue weighted by Gasteiger charge is 2.26. The lowest BCUT2D eigenvalue weighted by Gasteiger charge is -2.10. The second-order valence-corrected chi connectivity index (χ2v) is 6.86. The number of carbonyl (C=O) groups excluding carboxylic acids is 1. The highest BCUT2D eigenvalue weighted by atomic mass is 32.2. The normalized spacial score (nSPS) is 11.5. The van der Waals surface area contributed by atoms with E-state index in [-0.39, 0.29) is 5.56 Å². The number of halogens is 2. The number of hydrogen-bond donors (Lipinski definition) is 0. The van der Waals surface area contributed by atoms with Gasteiger partial charge in [0, 0.05) is 0 Å². The first-order valence-electron chi connectivity index (χ1n) is 6.64. The summed E-state index contributed by atoms with van der Waals surface area (Å²) in [4.78, 5) is 11.5. The molecule has 0 heterocycles. The number of rotatable bonds is 4. The molecule has 0 radical (unpaired) electrons. The Hall–Kier alpha value is -2.28. The summed E-state index contributed by atoms with van der Waals surface area (Å²) in [6.45, 7) is 3.57. The highest BCUT2D eigenvalue weighted by molar-refractivity contribution is 7.91. The molecule has 0 aliphatic rings. The molecule has 0 amide bonds. The summed E-state index contributed by atoms with van der Waals surface area (Å²) in [5.74, 6) is -3.78. The molecule has 0 unspecified atom stereocenters. The lowest BCUT2D eigenvalue weighted by atomic mass is 10.1. The van der Waals surface area contributed by atoms with E-state index in [0.717, 1.165) is 35.4 Å². The Labute approximate surface area is 132 Å². The smallest absolute Gasteiger partial charge is 0.343 e. The first-order valence-corrected chi connectivity index (χ1v) is 8.18. The van der Waals surface area contributed by atoms with Crippen LogP contribution in [0.3, 0.4) is 0 Å². The Balaban J connectivity index is 2.25. The maximum absolute atomic E-state index is 12.5. The number of para-hydroxylation sites is 1. The van der Waals surface area contributed by atoms with Gasteiger partial charge < -0.3 is 4.74 Å². The molecule has 7 heteroatoms. The standard InChI is InChI=1S/C16H14F2O4S/c1-10-4-3-5-11(2)14(10)22-15(19)12-6-8-13(9-7-12)23(20,21)16(17)18/h3-9,16H,1-2H3. The van der Waals surface area contributed by atoms with Crippen molar-refractivity contribution in [1.29, 1.82) is 0 Å². The van der Waals surface area contributed by atoms with Gasteiger partial charge in [-0.2, -0.15) is 8.78 Å². The minimum atomic E-state index is -4.68. The fraction of sp³-hybridized carbons (Fsp3) is 0.188. The van der Waals surface area contributed by atoms with E-state index in [4.69, 9.17) is 4.74 Å². The maximum atomic E-state index is 12.5. The lowest BCUT2D eigenvalue weighted by Crippen LogP contribution is -2.13. The van der Waals surface area contributed by atoms with Crippen LogP contribution >= 0.6 is 0 Å². The molecule has 23 heavy (non-hydrogen) atoms. The molecule has 2 rings (SSSR count). The van der Waals surface area contributed by atoms with Crippen LogP contribution in [0.5, 0.6) is 5.75 Å². The molecule has 0 aliphatic carbocycles. The van der Waals surface area contributed by atoms with Gasteiger partial charge >= 0.3 is 11.7 Å². The average molecular weight is 340 g/mol. The molecular weight excluding hydrogens is 326 g/mol. The summed E-state index contributed by atoms with van der Waals surface area (Å²) in [5.41, 5.74) is 1.62. The first-order chi connectivity index (χ1) is 10.7. The number of esters is 1. The van der Waals surface area contributed by atoms with Crippen LogP contribution in [0, 0.1) is 13.8 Å². The Morgan fingerprint density at radius 1 is 1.00 bits per heavy atom. The topological polar surface area (TPSA) is 60.4 Å². The van der Waals surface area contributed by atoms with Gasteiger partial charge in [0.05, 0.1) is 10.5 Å². The molecule has 0 spiro atoms. The number of sulfone groups is 1. The van der Waals surface area contributed by atoms with Gasteiger partial charge in [0.2, 0.25) is 9.84 Å². The molecule has 0 aromatic heterocycles. The minimum absolute atomic E-state index is 0.0702. The highest BCUT2D eigenvalue weighted by Crippen LogP contribution is 2.24. The second kappa shape index (κ2) is 6.45. The van der Waals surface area contributed by atoms with Gasteiger partial charge in [-0.15, -0.1) is 0 Å². The molecule has 0 saturated heterocycles. The molecule has 122 valence electrons. The minimum Gasteiger partial charge on any atom is -0.422 e. The Morgan fingerprint density at radius 2 is 1.52 bits per heavy atom. The van der Waals surface area contributed by atoms with E-state index in [9.17, 15) is 22.0 Å². The molecule has 0 fully saturated rings. The van der Waals surface area contributed by atoms with E-state index < -0.39 is 26.5 Å². The Bertz CT molecular complexity index is 807. The van der Waals surface area contributed by atoms with Crippen LogP contribution in [0.1, 0.15) is 21.5 Å². The van der Waals surface area contributed by atoms with Crippen molar-refractivity contribution in [3.63, 3.8) is 0 Å². The zero-order chi connectivity index (χ0) is 17.2. The Kier molecular flexibility index (Phi) is 4.79. The van der Waals surface area contributed by atoms with E-state index in [0.29, 0.717) is 5.75 Å². The van der Waals surface area contributed by atoms with Gasteiger partial charge in [-0.05, 0) is 49.2 Å². The van der Waals surface area contributed by atoms with Crippen molar-refractivity contribution in [3.8, 4) is 5.75 Å². The van der Waals surface area contributed by atoms with Crippen LogP contribution in [0.2, 0.25) is 0 Å². The molecule has 0 saturated carbocycles. The fourth-order valence-corrected chi connectivity index (χ4v) is 2.72. The summed E-state index contributed by atoms with van der Waals surface area (Å²) >= 11 is 0. The third-order valence-electron chi connectivity index (χ3n) is 3.26. The lowest BCUT2D eigenvalue weighted by molar-refractivity contribution is 0.0732. The van der Waals surface area contributed by atoms with E-state index in [1.54, 1.807) is 26.0 Å². The largest absolute Gasteiger partial charge is 0.422 e. The van der Waals surface area contributed by atoms with E-state index >= 15 is 0 Å². The molecule has 0 N–H and O–H groups in total. The molecule has 2 aromatic carbocycles. The van der Waals surface area contributed by atoms with Crippen molar-refractivity contribution in [2.75, 3.05) is 0 Å².